The van der Waals surface area contributed by atoms with Gasteiger partial charge in [-0.25, -0.2) is 22.2 Å². The number of anilines is 1. The number of hydrogen-bond acceptors (Lipinski definition) is 4. The second kappa shape index (κ2) is 8.33. The second-order valence-corrected chi connectivity index (χ2v) is 9.16. The molecule has 0 radical (unpaired) electrons. The first kappa shape index (κ1) is 20.2. The van der Waals surface area contributed by atoms with Crippen molar-refractivity contribution in [1.29, 1.82) is 0 Å². The molecule has 0 aliphatic carbocycles. The first-order valence-electron chi connectivity index (χ1n) is 8.95. The third-order valence-corrected chi connectivity index (χ3v) is 6.46. The van der Waals surface area contributed by atoms with Crippen molar-refractivity contribution in [1.82, 2.24) is 4.98 Å². The van der Waals surface area contributed by atoms with Crippen molar-refractivity contribution in [2.75, 3.05) is 4.72 Å². The van der Waals surface area contributed by atoms with Gasteiger partial charge in [0.2, 0.25) is 10.0 Å². The molecular weight excluding hydrogens is 426 g/mol. The maximum Gasteiger partial charge on any atom is 0.237 e. The average molecular weight is 443 g/mol. The molecule has 0 amide bonds. The van der Waals surface area contributed by atoms with E-state index in [1.807, 2.05) is 35.7 Å². The van der Waals surface area contributed by atoms with Crippen LogP contribution in [0.2, 0.25) is 0 Å². The minimum absolute atomic E-state index is 0.227. The summed E-state index contributed by atoms with van der Waals surface area (Å²) in [5.74, 6) is -2.12. The van der Waals surface area contributed by atoms with Crippen LogP contribution in [0.1, 0.15) is 5.56 Å². The lowest BCUT2D eigenvalue weighted by Gasteiger charge is -2.09. The van der Waals surface area contributed by atoms with Crippen molar-refractivity contribution in [3.8, 4) is 21.8 Å². The maximum atomic E-state index is 13.7. The van der Waals surface area contributed by atoms with Gasteiger partial charge in [-0.15, -0.1) is 11.3 Å². The first-order chi connectivity index (χ1) is 14.4. The van der Waals surface area contributed by atoms with Gasteiger partial charge < -0.3 is 0 Å². The molecule has 152 valence electrons. The van der Waals surface area contributed by atoms with Crippen molar-refractivity contribution < 1.29 is 17.2 Å². The molecule has 1 N–H and O–H groups in total. The second-order valence-electron chi connectivity index (χ2n) is 6.58. The summed E-state index contributed by atoms with van der Waals surface area (Å²) >= 11 is 1.53. The van der Waals surface area contributed by atoms with Gasteiger partial charge in [0.1, 0.15) is 16.6 Å². The Labute approximate surface area is 176 Å². The van der Waals surface area contributed by atoms with Gasteiger partial charge in [-0.2, -0.15) is 0 Å². The summed E-state index contributed by atoms with van der Waals surface area (Å²) in [5.41, 5.74) is 2.76. The zero-order valence-corrected chi connectivity index (χ0v) is 17.2. The van der Waals surface area contributed by atoms with E-state index >= 15 is 0 Å². The lowest BCUT2D eigenvalue weighted by Crippen LogP contribution is -2.16. The number of nitrogens with one attached hydrogen (secondary N) is 1. The van der Waals surface area contributed by atoms with E-state index in [2.05, 4.69) is 9.71 Å². The molecule has 0 saturated carbocycles. The molecule has 4 nitrogen and oxygen atoms in total. The van der Waals surface area contributed by atoms with Gasteiger partial charge in [0.15, 0.2) is 0 Å². The number of halogens is 2. The van der Waals surface area contributed by atoms with Crippen molar-refractivity contribution in [3.63, 3.8) is 0 Å². The summed E-state index contributed by atoms with van der Waals surface area (Å²) in [7, 11) is -3.91. The summed E-state index contributed by atoms with van der Waals surface area (Å²) in [6.45, 7) is 0. The summed E-state index contributed by atoms with van der Waals surface area (Å²) < 4.78 is 54.1. The standard InChI is InChI=1S/C22H16F2N2O2S2/c23-18-8-11-20(24)17(12-18)14-30(27,28)26-19-9-6-15(7-10-19)21-13-29-22(25-21)16-4-2-1-3-5-16/h1-13,26H,14H2. The molecule has 0 aliphatic rings. The van der Waals surface area contributed by atoms with Crippen LogP contribution in [0, 0.1) is 11.6 Å². The Kier molecular flexibility index (Phi) is 5.61. The Morgan fingerprint density at radius 2 is 1.63 bits per heavy atom. The van der Waals surface area contributed by atoms with Crippen molar-refractivity contribution in [2.24, 2.45) is 0 Å². The molecule has 0 fully saturated rings. The molecule has 4 aromatic rings. The third-order valence-electron chi connectivity index (χ3n) is 4.33. The Balaban J connectivity index is 1.48. The first-order valence-corrected chi connectivity index (χ1v) is 11.5. The fourth-order valence-corrected chi connectivity index (χ4v) is 4.94. The van der Waals surface area contributed by atoms with Crippen LogP contribution >= 0.6 is 11.3 Å². The Morgan fingerprint density at radius 3 is 2.37 bits per heavy atom. The van der Waals surface area contributed by atoms with Gasteiger partial charge in [0.25, 0.3) is 0 Å². The van der Waals surface area contributed by atoms with Crippen LogP contribution in [-0.4, -0.2) is 13.4 Å². The molecule has 3 aromatic carbocycles. The highest BCUT2D eigenvalue weighted by molar-refractivity contribution is 7.91. The molecule has 0 bridgehead atoms. The Bertz CT molecular complexity index is 1270. The van der Waals surface area contributed by atoms with Crippen molar-refractivity contribution in [3.05, 3.63) is 95.4 Å². The number of nitrogens with zero attached hydrogens (tertiary/aromatic N) is 1. The van der Waals surface area contributed by atoms with Crippen LogP contribution in [0.4, 0.5) is 14.5 Å². The van der Waals surface area contributed by atoms with Crippen LogP contribution in [0.3, 0.4) is 0 Å². The van der Waals surface area contributed by atoms with Crippen LogP contribution in [-0.2, 0) is 15.8 Å². The van der Waals surface area contributed by atoms with E-state index in [9.17, 15) is 17.2 Å². The number of rotatable bonds is 6. The van der Waals surface area contributed by atoms with Crippen LogP contribution in [0.5, 0.6) is 0 Å². The minimum Gasteiger partial charge on any atom is -0.283 e. The molecule has 8 heteroatoms. The Morgan fingerprint density at radius 1 is 0.900 bits per heavy atom. The molecule has 1 heterocycles. The van der Waals surface area contributed by atoms with E-state index in [0.29, 0.717) is 5.69 Å². The quantitative estimate of drug-likeness (QED) is 0.417. The van der Waals surface area contributed by atoms with E-state index in [0.717, 1.165) is 40.0 Å². The van der Waals surface area contributed by atoms with Gasteiger partial charge in [-0.3, -0.25) is 4.72 Å². The number of benzene rings is 3. The molecular formula is C22H16F2N2O2S2. The SMILES string of the molecule is O=S(=O)(Cc1cc(F)ccc1F)Nc1ccc(-c2csc(-c3ccccc3)n2)cc1. The Hall–Kier alpha value is -3.10. The zero-order chi connectivity index (χ0) is 21.1. The van der Waals surface area contributed by atoms with Gasteiger partial charge in [0, 0.05) is 27.8 Å². The van der Waals surface area contributed by atoms with E-state index in [4.69, 9.17) is 0 Å². The van der Waals surface area contributed by atoms with E-state index < -0.39 is 27.4 Å². The molecule has 0 unspecified atom stereocenters. The molecule has 0 spiro atoms. The number of aromatic nitrogens is 1. The number of hydrogen-bond donors (Lipinski definition) is 1. The highest BCUT2D eigenvalue weighted by Crippen LogP contribution is 2.29. The summed E-state index contributed by atoms with van der Waals surface area (Å²) in [6, 6.07) is 19.3. The number of sulfonamides is 1. The van der Waals surface area contributed by atoms with Gasteiger partial charge in [-0.05, 0) is 30.3 Å². The van der Waals surface area contributed by atoms with Crippen molar-refractivity contribution in [2.45, 2.75) is 5.75 Å². The van der Waals surface area contributed by atoms with E-state index in [-0.39, 0.29) is 5.56 Å². The predicted octanol–water partition coefficient (Wildman–Crippen LogP) is 5.70. The average Bonchev–Trinajstić information content (AvgIpc) is 3.22. The topological polar surface area (TPSA) is 59.1 Å². The fourth-order valence-electron chi connectivity index (χ4n) is 2.90. The molecule has 0 aliphatic heterocycles. The minimum atomic E-state index is -3.91. The van der Waals surface area contributed by atoms with Crippen LogP contribution < -0.4 is 4.72 Å². The molecule has 30 heavy (non-hydrogen) atoms. The van der Waals surface area contributed by atoms with Gasteiger partial charge in [-0.1, -0.05) is 42.5 Å². The number of thiazole rings is 1. The fraction of sp³-hybridized carbons (Fsp3) is 0.0455. The highest BCUT2D eigenvalue weighted by atomic mass is 32.2. The third kappa shape index (κ3) is 4.72. The van der Waals surface area contributed by atoms with Gasteiger partial charge in [0.05, 0.1) is 11.4 Å². The maximum absolute atomic E-state index is 13.7. The lowest BCUT2D eigenvalue weighted by atomic mass is 10.1. The van der Waals surface area contributed by atoms with Crippen molar-refractivity contribution >= 4 is 27.0 Å². The van der Waals surface area contributed by atoms with Crippen LogP contribution in [0.25, 0.3) is 21.8 Å². The summed E-state index contributed by atoms with van der Waals surface area (Å²) in [5, 5.41) is 2.83. The molecule has 0 saturated heterocycles. The molecule has 1 aromatic heterocycles. The van der Waals surface area contributed by atoms with E-state index in [1.54, 1.807) is 24.3 Å². The normalized spacial score (nSPS) is 11.4. The summed E-state index contributed by atoms with van der Waals surface area (Å²) in [4.78, 5) is 4.63. The zero-order valence-electron chi connectivity index (χ0n) is 15.5. The summed E-state index contributed by atoms with van der Waals surface area (Å²) in [6.07, 6.45) is 0. The highest BCUT2D eigenvalue weighted by Gasteiger charge is 2.16. The molecule has 4 rings (SSSR count). The smallest absolute Gasteiger partial charge is 0.237 e. The predicted molar refractivity (Wildman–Crippen MR) is 116 cm³/mol. The largest absolute Gasteiger partial charge is 0.283 e. The lowest BCUT2D eigenvalue weighted by molar-refractivity contribution is 0.581. The molecule has 0 atom stereocenters. The monoisotopic (exact) mass is 442 g/mol. The van der Waals surface area contributed by atoms with Crippen LogP contribution in [0.15, 0.2) is 78.2 Å². The van der Waals surface area contributed by atoms with Gasteiger partial charge >= 0.3 is 0 Å². The van der Waals surface area contributed by atoms with E-state index in [1.165, 1.54) is 11.3 Å².